The van der Waals surface area contributed by atoms with Crippen LogP contribution >= 0.6 is 0 Å². The first-order chi connectivity index (χ1) is 13.8. The Labute approximate surface area is 177 Å². The molecule has 5 rings (SSSR count). The Morgan fingerprint density at radius 3 is 1.34 bits per heavy atom. The first kappa shape index (κ1) is 19.1. The number of hydrogen-bond acceptors (Lipinski definition) is 0. The van der Waals surface area contributed by atoms with Gasteiger partial charge in [-0.25, -0.2) is 0 Å². The molecule has 0 nitrogen and oxygen atoms in total. The summed E-state index contributed by atoms with van der Waals surface area (Å²) in [7, 11) is -1.74. The lowest BCUT2D eigenvalue weighted by atomic mass is 9.99. The summed E-state index contributed by atoms with van der Waals surface area (Å²) in [5.74, 6) is 0. The number of aryl methyl sites for hydroxylation is 4. The monoisotopic (exact) mass is 398 g/mol. The van der Waals surface area contributed by atoms with E-state index in [1.54, 1.807) is 33.4 Å². The van der Waals surface area contributed by atoms with Crippen molar-refractivity contribution in [2.45, 2.75) is 79.3 Å². The van der Waals surface area contributed by atoms with Crippen molar-refractivity contribution in [1.29, 1.82) is 0 Å². The molecule has 0 N–H and O–H groups in total. The molecule has 1 heteroatoms. The Morgan fingerprint density at radius 1 is 0.552 bits per heavy atom. The quantitative estimate of drug-likeness (QED) is 0.457. The molecule has 1 fully saturated rings. The van der Waals surface area contributed by atoms with E-state index in [1.807, 2.05) is 10.4 Å². The van der Waals surface area contributed by atoms with Gasteiger partial charge in [0.1, 0.15) is 8.07 Å². The number of allylic oxidation sites excluding steroid dienone is 2. The molecular formula is C28H34Si. The van der Waals surface area contributed by atoms with Crippen LogP contribution in [0.5, 0.6) is 0 Å². The van der Waals surface area contributed by atoms with E-state index in [4.69, 9.17) is 0 Å². The van der Waals surface area contributed by atoms with Crippen LogP contribution in [0.4, 0.5) is 0 Å². The SMILES string of the molecule is CC1=C([Si]2(C3=C(C)Cc4c(C)ccc(C)c43)CCCC2)c2c(C)ccc(C)c2C1. The molecule has 0 atom stereocenters. The summed E-state index contributed by atoms with van der Waals surface area (Å²) in [4.78, 5) is 0. The van der Waals surface area contributed by atoms with Gasteiger partial charge in [0.2, 0.25) is 0 Å². The molecule has 2 aliphatic carbocycles. The van der Waals surface area contributed by atoms with Crippen LogP contribution in [-0.4, -0.2) is 8.07 Å². The average Bonchev–Trinajstić information content (AvgIpc) is 3.37. The maximum absolute atomic E-state index is 2.45. The zero-order valence-electron chi connectivity index (χ0n) is 19.1. The summed E-state index contributed by atoms with van der Waals surface area (Å²) in [5.41, 5.74) is 16.0. The molecule has 0 saturated carbocycles. The number of rotatable bonds is 2. The van der Waals surface area contributed by atoms with E-state index in [2.05, 4.69) is 65.8 Å². The molecule has 0 unspecified atom stereocenters. The van der Waals surface area contributed by atoms with Gasteiger partial charge in [-0.3, -0.25) is 0 Å². The fourth-order valence-corrected chi connectivity index (χ4v) is 13.6. The third kappa shape index (κ3) is 2.56. The van der Waals surface area contributed by atoms with Gasteiger partial charge >= 0.3 is 0 Å². The van der Waals surface area contributed by atoms with Crippen molar-refractivity contribution < 1.29 is 0 Å². The Hall–Kier alpha value is -1.86. The standard InChI is InChI=1S/C28H34Si/c1-17-9-11-19(3)25-23(17)15-21(5)27(25)29(13-7-8-14-29)28-22(6)16-24-18(2)10-12-20(4)26(24)28/h9-12H,7-8,13-16H2,1-6H3. The first-order valence-corrected chi connectivity index (χ1v) is 13.9. The van der Waals surface area contributed by atoms with E-state index < -0.39 is 8.07 Å². The minimum absolute atomic E-state index is 1.18. The van der Waals surface area contributed by atoms with E-state index in [0.717, 1.165) is 0 Å². The van der Waals surface area contributed by atoms with Gasteiger partial charge < -0.3 is 0 Å². The second-order valence-corrected chi connectivity index (χ2v) is 14.2. The fraction of sp³-hybridized carbons (Fsp3) is 0.429. The third-order valence-electron chi connectivity index (χ3n) is 8.16. The molecule has 0 radical (unpaired) electrons. The molecular weight excluding hydrogens is 364 g/mol. The topological polar surface area (TPSA) is 0 Å². The second kappa shape index (κ2) is 6.57. The average molecular weight is 399 g/mol. The van der Waals surface area contributed by atoms with Crippen molar-refractivity contribution in [3.8, 4) is 0 Å². The van der Waals surface area contributed by atoms with Crippen LogP contribution in [0.2, 0.25) is 12.1 Å². The Morgan fingerprint density at radius 2 is 0.931 bits per heavy atom. The molecule has 2 aromatic carbocycles. The first-order valence-electron chi connectivity index (χ1n) is 11.4. The van der Waals surface area contributed by atoms with Crippen LogP contribution in [0.25, 0.3) is 10.4 Å². The molecule has 1 saturated heterocycles. The maximum Gasteiger partial charge on any atom is 0.119 e. The molecule has 0 aromatic heterocycles. The Kier molecular flexibility index (Phi) is 4.33. The smallest absolute Gasteiger partial charge is 0.0686 e. The van der Waals surface area contributed by atoms with Crippen LogP contribution in [0.3, 0.4) is 0 Å². The Bertz CT molecular complexity index is 1020. The van der Waals surface area contributed by atoms with Gasteiger partial charge in [-0.2, -0.15) is 0 Å². The lowest BCUT2D eigenvalue weighted by molar-refractivity contribution is 0.935. The number of hydrogen-bond donors (Lipinski definition) is 0. The van der Waals surface area contributed by atoms with Gasteiger partial charge in [-0.1, -0.05) is 48.3 Å². The van der Waals surface area contributed by atoms with Crippen molar-refractivity contribution in [3.63, 3.8) is 0 Å². The highest BCUT2D eigenvalue weighted by Crippen LogP contribution is 2.56. The van der Waals surface area contributed by atoms with Crippen LogP contribution in [-0.2, 0) is 12.8 Å². The van der Waals surface area contributed by atoms with Crippen LogP contribution in [0, 0.1) is 27.7 Å². The number of fused-ring (bicyclic) bond motifs is 2. The molecule has 29 heavy (non-hydrogen) atoms. The van der Waals surface area contributed by atoms with Gasteiger partial charge in [-0.15, -0.1) is 0 Å². The molecule has 1 aliphatic heterocycles. The molecule has 0 amide bonds. The predicted octanol–water partition coefficient (Wildman–Crippen LogP) is 7.60. The van der Waals surface area contributed by atoms with Crippen molar-refractivity contribution >= 4 is 18.5 Å². The predicted molar refractivity (Wildman–Crippen MR) is 129 cm³/mol. The normalized spacial score (nSPS) is 19.9. The molecule has 2 aromatic rings. The van der Waals surface area contributed by atoms with Crippen molar-refractivity contribution in [1.82, 2.24) is 0 Å². The van der Waals surface area contributed by atoms with E-state index in [-0.39, 0.29) is 0 Å². The molecule has 150 valence electrons. The highest BCUT2D eigenvalue weighted by atomic mass is 28.3. The maximum atomic E-state index is 2.45. The van der Waals surface area contributed by atoms with E-state index in [0.29, 0.717) is 0 Å². The summed E-state index contributed by atoms with van der Waals surface area (Å²) in [6, 6.07) is 12.3. The van der Waals surface area contributed by atoms with Gasteiger partial charge in [-0.05, 0) is 121 Å². The van der Waals surface area contributed by atoms with Crippen molar-refractivity contribution in [2.75, 3.05) is 0 Å². The van der Waals surface area contributed by atoms with Crippen LogP contribution in [0.1, 0.15) is 71.2 Å². The van der Waals surface area contributed by atoms with Crippen LogP contribution < -0.4 is 0 Å². The van der Waals surface area contributed by atoms with E-state index in [9.17, 15) is 0 Å². The summed E-state index contributed by atoms with van der Waals surface area (Å²) in [6.45, 7) is 14.3. The van der Waals surface area contributed by atoms with Gasteiger partial charge in [0.15, 0.2) is 0 Å². The second-order valence-electron chi connectivity index (χ2n) is 10.1. The third-order valence-corrected chi connectivity index (χ3v) is 13.8. The van der Waals surface area contributed by atoms with Gasteiger partial charge in [0, 0.05) is 0 Å². The Balaban J connectivity index is 1.80. The molecule has 3 aliphatic rings. The highest BCUT2D eigenvalue weighted by molar-refractivity contribution is 7.11. The van der Waals surface area contributed by atoms with Crippen molar-refractivity contribution in [2.24, 2.45) is 0 Å². The minimum Gasteiger partial charge on any atom is -0.0686 e. The zero-order valence-corrected chi connectivity index (χ0v) is 20.1. The van der Waals surface area contributed by atoms with Gasteiger partial charge in [0.05, 0.1) is 0 Å². The molecule has 0 bridgehead atoms. The molecule has 0 spiro atoms. The summed E-state index contributed by atoms with van der Waals surface area (Å²) < 4.78 is 0. The van der Waals surface area contributed by atoms with Crippen LogP contribution in [0.15, 0.2) is 35.4 Å². The summed E-state index contributed by atoms with van der Waals surface area (Å²) in [6.07, 6.45) is 5.19. The minimum atomic E-state index is -1.74. The largest absolute Gasteiger partial charge is 0.119 e. The van der Waals surface area contributed by atoms with E-state index >= 15 is 0 Å². The van der Waals surface area contributed by atoms with Crippen molar-refractivity contribution in [3.05, 3.63) is 79.9 Å². The molecule has 1 heterocycles. The summed E-state index contributed by atoms with van der Waals surface area (Å²) >= 11 is 0. The van der Waals surface area contributed by atoms with Gasteiger partial charge in [0.25, 0.3) is 0 Å². The lowest BCUT2D eigenvalue weighted by Gasteiger charge is -2.35. The summed E-state index contributed by atoms with van der Waals surface area (Å²) in [5, 5.41) is 3.68. The highest BCUT2D eigenvalue weighted by Gasteiger charge is 2.49. The lowest BCUT2D eigenvalue weighted by Crippen LogP contribution is -2.36. The van der Waals surface area contributed by atoms with E-state index in [1.165, 1.54) is 60.0 Å². The number of benzene rings is 2. The zero-order chi connectivity index (χ0) is 20.5. The fourth-order valence-electron chi connectivity index (χ4n) is 6.92.